The topological polar surface area (TPSA) is 69.8 Å². The van der Waals surface area contributed by atoms with Gasteiger partial charge in [-0.25, -0.2) is 4.79 Å². The predicted octanol–water partition coefficient (Wildman–Crippen LogP) is 2.43. The van der Waals surface area contributed by atoms with Crippen LogP contribution in [0.4, 0.5) is 10.5 Å². The summed E-state index contributed by atoms with van der Waals surface area (Å²) in [4.78, 5) is 11.6. The molecule has 1 aromatic heterocycles. The highest BCUT2D eigenvalue weighted by atomic mass is 35.5. The van der Waals surface area contributed by atoms with Gasteiger partial charge in [-0.15, -0.1) is 0 Å². The van der Waals surface area contributed by atoms with E-state index in [9.17, 15) is 4.79 Å². The summed E-state index contributed by atoms with van der Waals surface area (Å²) in [5.74, 6) is 0. The van der Waals surface area contributed by atoms with E-state index in [0.29, 0.717) is 23.7 Å². The van der Waals surface area contributed by atoms with Crippen molar-refractivity contribution >= 4 is 23.3 Å². The molecule has 0 radical (unpaired) electrons. The Bertz CT molecular complexity index is 513. The van der Waals surface area contributed by atoms with Crippen molar-refractivity contribution in [2.45, 2.75) is 6.42 Å². The van der Waals surface area contributed by atoms with Crippen LogP contribution in [-0.4, -0.2) is 22.8 Å². The zero-order valence-corrected chi connectivity index (χ0v) is 10.4. The van der Waals surface area contributed by atoms with Crippen LogP contribution in [0.5, 0.6) is 0 Å². The van der Waals surface area contributed by atoms with E-state index >= 15 is 0 Å². The maximum atomic E-state index is 11.6. The first-order valence-corrected chi connectivity index (χ1v) is 5.90. The SMILES string of the molecule is O=C(NCCc1ccn[nH]1)Nc1cccc(Cl)c1. The van der Waals surface area contributed by atoms with Crippen molar-refractivity contribution in [3.05, 3.63) is 47.2 Å². The number of nitrogens with one attached hydrogen (secondary N) is 3. The van der Waals surface area contributed by atoms with Crippen molar-refractivity contribution in [3.8, 4) is 0 Å². The van der Waals surface area contributed by atoms with Crippen LogP contribution < -0.4 is 10.6 Å². The number of nitrogens with zero attached hydrogens (tertiary/aromatic N) is 1. The summed E-state index contributed by atoms with van der Waals surface area (Å²) in [7, 11) is 0. The van der Waals surface area contributed by atoms with E-state index in [1.807, 2.05) is 6.07 Å². The molecule has 0 saturated carbocycles. The van der Waals surface area contributed by atoms with Crippen LogP contribution in [0.25, 0.3) is 0 Å². The number of hydrogen-bond acceptors (Lipinski definition) is 2. The number of aromatic amines is 1. The molecule has 0 atom stereocenters. The Labute approximate surface area is 110 Å². The highest BCUT2D eigenvalue weighted by Crippen LogP contribution is 2.14. The first-order valence-electron chi connectivity index (χ1n) is 5.53. The standard InChI is InChI=1S/C12H13ClN4O/c13-9-2-1-3-11(8-9)16-12(18)14-6-4-10-5-7-15-17-10/h1-3,5,7-8H,4,6H2,(H,15,17)(H2,14,16,18). The Morgan fingerprint density at radius 3 is 3.00 bits per heavy atom. The van der Waals surface area contributed by atoms with E-state index < -0.39 is 0 Å². The first-order chi connectivity index (χ1) is 8.74. The molecular formula is C12H13ClN4O. The van der Waals surface area contributed by atoms with Gasteiger partial charge < -0.3 is 10.6 Å². The summed E-state index contributed by atoms with van der Waals surface area (Å²) in [5, 5.41) is 12.7. The Kier molecular flexibility index (Phi) is 4.20. The van der Waals surface area contributed by atoms with Crippen molar-refractivity contribution < 1.29 is 4.79 Å². The molecule has 0 bridgehead atoms. The quantitative estimate of drug-likeness (QED) is 0.794. The predicted molar refractivity (Wildman–Crippen MR) is 70.8 cm³/mol. The molecule has 0 aliphatic heterocycles. The summed E-state index contributed by atoms with van der Waals surface area (Å²) >= 11 is 5.82. The van der Waals surface area contributed by atoms with Crippen LogP contribution in [-0.2, 0) is 6.42 Å². The second-order valence-corrected chi connectivity index (χ2v) is 4.16. The van der Waals surface area contributed by atoms with Gasteiger partial charge in [0.2, 0.25) is 0 Å². The van der Waals surface area contributed by atoms with Gasteiger partial charge in [0.15, 0.2) is 0 Å². The minimum Gasteiger partial charge on any atom is -0.337 e. The number of H-pyrrole nitrogens is 1. The molecule has 18 heavy (non-hydrogen) atoms. The van der Waals surface area contributed by atoms with E-state index in [2.05, 4.69) is 20.8 Å². The lowest BCUT2D eigenvalue weighted by Crippen LogP contribution is -2.30. The number of urea groups is 1. The largest absolute Gasteiger partial charge is 0.337 e. The average molecular weight is 265 g/mol. The molecular weight excluding hydrogens is 252 g/mol. The number of carbonyl (C=O) groups is 1. The monoisotopic (exact) mass is 264 g/mol. The van der Waals surface area contributed by atoms with Gasteiger partial charge in [0, 0.05) is 35.6 Å². The van der Waals surface area contributed by atoms with Crippen LogP contribution in [0.3, 0.4) is 0 Å². The molecule has 0 fully saturated rings. The number of carbonyl (C=O) groups excluding carboxylic acids is 1. The second-order valence-electron chi connectivity index (χ2n) is 3.72. The van der Waals surface area contributed by atoms with Gasteiger partial charge in [0.1, 0.15) is 0 Å². The molecule has 0 aliphatic rings. The zero-order valence-electron chi connectivity index (χ0n) is 9.61. The van der Waals surface area contributed by atoms with Gasteiger partial charge in [0.05, 0.1) is 0 Å². The first kappa shape index (κ1) is 12.4. The number of rotatable bonds is 4. The van der Waals surface area contributed by atoms with Crippen LogP contribution in [0.2, 0.25) is 5.02 Å². The third-order valence-electron chi connectivity index (χ3n) is 2.32. The lowest BCUT2D eigenvalue weighted by Gasteiger charge is -2.07. The van der Waals surface area contributed by atoms with Crippen molar-refractivity contribution in [1.29, 1.82) is 0 Å². The minimum atomic E-state index is -0.253. The zero-order chi connectivity index (χ0) is 12.8. The molecule has 2 aromatic rings. The molecule has 0 saturated heterocycles. The number of amides is 2. The molecule has 2 rings (SSSR count). The van der Waals surface area contributed by atoms with Crippen LogP contribution in [0.1, 0.15) is 5.69 Å². The molecule has 3 N–H and O–H groups in total. The number of anilines is 1. The smallest absolute Gasteiger partial charge is 0.319 e. The van der Waals surface area contributed by atoms with Crippen LogP contribution in [0.15, 0.2) is 36.5 Å². The fourth-order valence-corrected chi connectivity index (χ4v) is 1.67. The average Bonchev–Trinajstić information content (AvgIpc) is 2.82. The fourth-order valence-electron chi connectivity index (χ4n) is 1.48. The number of hydrogen-bond donors (Lipinski definition) is 3. The summed E-state index contributed by atoms with van der Waals surface area (Å²) in [6.45, 7) is 0.536. The van der Waals surface area contributed by atoms with Gasteiger partial charge in [-0.2, -0.15) is 5.10 Å². The summed E-state index contributed by atoms with van der Waals surface area (Å²) in [6.07, 6.45) is 2.39. The maximum Gasteiger partial charge on any atom is 0.319 e. The fraction of sp³-hybridized carbons (Fsp3) is 0.167. The number of aromatic nitrogens is 2. The van der Waals surface area contributed by atoms with E-state index in [4.69, 9.17) is 11.6 Å². The van der Waals surface area contributed by atoms with Crippen molar-refractivity contribution in [3.63, 3.8) is 0 Å². The van der Waals surface area contributed by atoms with Gasteiger partial charge in [-0.05, 0) is 24.3 Å². The minimum absolute atomic E-state index is 0.253. The van der Waals surface area contributed by atoms with Crippen molar-refractivity contribution in [1.82, 2.24) is 15.5 Å². The molecule has 94 valence electrons. The van der Waals surface area contributed by atoms with E-state index in [1.165, 1.54) is 0 Å². The Hall–Kier alpha value is -2.01. The number of halogens is 1. The highest BCUT2D eigenvalue weighted by molar-refractivity contribution is 6.30. The van der Waals surface area contributed by atoms with E-state index in [1.54, 1.807) is 30.5 Å². The van der Waals surface area contributed by atoms with Crippen LogP contribution in [0, 0.1) is 0 Å². The second kappa shape index (κ2) is 6.07. The lowest BCUT2D eigenvalue weighted by atomic mass is 10.3. The molecule has 0 unspecified atom stereocenters. The molecule has 0 spiro atoms. The Morgan fingerprint density at radius 1 is 1.39 bits per heavy atom. The van der Waals surface area contributed by atoms with Crippen molar-refractivity contribution in [2.24, 2.45) is 0 Å². The van der Waals surface area contributed by atoms with E-state index in [0.717, 1.165) is 5.69 Å². The Morgan fingerprint density at radius 2 is 2.28 bits per heavy atom. The van der Waals surface area contributed by atoms with Gasteiger partial charge >= 0.3 is 6.03 Å². The Balaban J connectivity index is 1.75. The third kappa shape index (κ3) is 3.78. The molecule has 6 heteroatoms. The summed E-state index contributed by atoms with van der Waals surface area (Å²) in [5.41, 5.74) is 1.65. The molecule has 2 amide bonds. The van der Waals surface area contributed by atoms with E-state index in [-0.39, 0.29) is 6.03 Å². The molecule has 1 heterocycles. The normalized spacial score (nSPS) is 10.1. The van der Waals surface area contributed by atoms with Crippen LogP contribution >= 0.6 is 11.6 Å². The van der Waals surface area contributed by atoms with Gasteiger partial charge in [0.25, 0.3) is 0 Å². The molecule has 1 aromatic carbocycles. The van der Waals surface area contributed by atoms with Gasteiger partial charge in [-0.3, -0.25) is 5.10 Å². The maximum absolute atomic E-state index is 11.6. The summed E-state index contributed by atoms with van der Waals surface area (Å²) < 4.78 is 0. The van der Waals surface area contributed by atoms with Crippen molar-refractivity contribution in [2.75, 3.05) is 11.9 Å². The lowest BCUT2D eigenvalue weighted by molar-refractivity contribution is 0.252. The highest BCUT2D eigenvalue weighted by Gasteiger charge is 2.01. The third-order valence-corrected chi connectivity index (χ3v) is 2.56. The molecule has 0 aliphatic carbocycles. The summed E-state index contributed by atoms with van der Waals surface area (Å²) in [6, 6.07) is 8.62. The van der Waals surface area contributed by atoms with Gasteiger partial charge in [-0.1, -0.05) is 17.7 Å². The molecule has 5 nitrogen and oxygen atoms in total. The number of benzene rings is 1.